The summed E-state index contributed by atoms with van der Waals surface area (Å²) in [4.78, 5) is 35.0. The quantitative estimate of drug-likeness (QED) is 0.257. The number of hydrogen-bond acceptors (Lipinski definition) is 8. The van der Waals surface area contributed by atoms with Gasteiger partial charge in [0, 0.05) is 51.7 Å². The lowest BCUT2D eigenvalue weighted by molar-refractivity contribution is -0.149. The Morgan fingerprint density at radius 3 is 2.64 bits per heavy atom. The number of hydrogen-bond donors (Lipinski definition) is 4. The molecule has 36 heavy (non-hydrogen) atoms. The van der Waals surface area contributed by atoms with Crippen LogP contribution < -0.4 is 14.9 Å². The number of aromatic amines is 1. The van der Waals surface area contributed by atoms with Gasteiger partial charge in [0.05, 0.1) is 4.90 Å². The van der Waals surface area contributed by atoms with Crippen LogP contribution in [0.25, 0.3) is 0 Å². The van der Waals surface area contributed by atoms with Crippen LogP contribution in [-0.4, -0.2) is 79.9 Å². The summed E-state index contributed by atoms with van der Waals surface area (Å²) in [5, 5.41) is 12.2. The molecule has 1 fully saturated rings. The first kappa shape index (κ1) is 27.3. The first-order valence-electron chi connectivity index (χ1n) is 11.8. The Labute approximate surface area is 211 Å². The van der Waals surface area contributed by atoms with Crippen molar-refractivity contribution in [1.82, 2.24) is 19.6 Å². The smallest absolute Gasteiger partial charge is 0.450 e. The number of carboxylic acid groups (broad SMARTS) is 1. The highest BCUT2D eigenvalue weighted by Gasteiger charge is 2.37. The Morgan fingerprint density at radius 2 is 2.03 bits per heavy atom. The zero-order valence-corrected chi connectivity index (χ0v) is 21.5. The van der Waals surface area contributed by atoms with Crippen LogP contribution in [0.4, 0.5) is 16.4 Å². The molecule has 0 aliphatic carbocycles. The number of likely N-dealkylation sites (tertiary alicyclic amines) is 1. The Hall–Kier alpha value is -3.32. The number of piperidine rings is 1. The second-order valence-electron chi connectivity index (χ2n) is 9.07. The van der Waals surface area contributed by atoms with Crippen LogP contribution in [0.5, 0.6) is 0 Å². The maximum atomic E-state index is 13.6. The standard InChI is InChI=1S/C23H34N6O6S/c1-16-10-14-29(20(15-16)35-23(31)32)21(30)19(5-4-11-24-22-25-12-13-26-22)27-36(33,34)18-8-6-17(7-9-18)28(2)3/h6-9,12-13,16,19-20,27H,4-5,10-11,14-15H2,1-3H3,(H,31,32)(H2,24,25,26)/t16-,19+,20-/m1/s1. The highest BCUT2D eigenvalue weighted by molar-refractivity contribution is 7.89. The topological polar surface area (TPSA) is 157 Å². The van der Waals surface area contributed by atoms with Crippen molar-refractivity contribution < 1.29 is 27.9 Å². The Bertz CT molecular complexity index is 1110. The third kappa shape index (κ3) is 7.34. The molecular weight excluding hydrogens is 488 g/mol. The third-order valence-corrected chi connectivity index (χ3v) is 7.54. The molecule has 13 heteroatoms. The van der Waals surface area contributed by atoms with Gasteiger partial charge in [0.15, 0.2) is 12.2 Å². The molecule has 4 N–H and O–H groups in total. The molecule has 1 aromatic carbocycles. The van der Waals surface area contributed by atoms with E-state index in [2.05, 4.69) is 20.0 Å². The number of imidazole rings is 1. The van der Waals surface area contributed by atoms with Crippen LogP contribution >= 0.6 is 0 Å². The van der Waals surface area contributed by atoms with Gasteiger partial charge in [-0.15, -0.1) is 0 Å². The van der Waals surface area contributed by atoms with Gasteiger partial charge < -0.3 is 29.9 Å². The Morgan fingerprint density at radius 1 is 1.31 bits per heavy atom. The number of ether oxygens (including phenoxy) is 1. The molecule has 0 spiro atoms. The van der Waals surface area contributed by atoms with E-state index in [0.29, 0.717) is 31.8 Å². The van der Waals surface area contributed by atoms with Gasteiger partial charge in [0.25, 0.3) is 0 Å². The van der Waals surface area contributed by atoms with Gasteiger partial charge in [-0.2, -0.15) is 4.72 Å². The largest absolute Gasteiger partial charge is 0.507 e. The summed E-state index contributed by atoms with van der Waals surface area (Å²) in [6.45, 7) is 2.68. The first-order chi connectivity index (χ1) is 17.1. The molecule has 198 valence electrons. The average molecular weight is 523 g/mol. The fourth-order valence-corrected chi connectivity index (χ4v) is 5.28. The van der Waals surface area contributed by atoms with E-state index in [4.69, 9.17) is 9.84 Å². The van der Waals surface area contributed by atoms with E-state index >= 15 is 0 Å². The fraction of sp³-hybridized carbons (Fsp3) is 0.522. The summed E-state index contributed by atoms with van der Waals surface area (Å²) in [5.41, 5.74) is 0.835. The molecule has 3 atom stereocenters. The van der Waals surface area contributed by atoms with Gasteiger partial charge in [-0.25, -0.2) is 18.2 Å². The highest BCUT2D eigenvalue weighted by atomic mass is 32.2. The van der Waals surface area contributed by atoms with Crippen molar-refractivity contribution in [2.75, 3.05) is 37.4 Å². The summed E-state index contributed by atoms with van der Waals surface area (Å²) in [6, 6.07) is 5.23. The summed E-state index contributed by atoms with van der Waals surface area (Å²) in [5.74, 6) is 0.222. The minimum absolute atomic E-state index is 0.0326. The molecule has 0 saturated carbocycles. The molecule has 1 saturated heterocycles. The molecule has 12 nitrogen and oxygen atoms in total. The van der Waals surface area contributed by atoms with Gasteiger partial charge >= 0.3 is 6.16 Å². The molecule has 0 bridgehead atoms. The number of nitrogens with one attached hydrogen (secondary N) is 3. The molecule has 3 rings (SSSR count). The van der Waals surface area contributed by atoms with Crippen LogP contribution in [0, 0.1) is 5.92 Å². The minimum Gasteiger partial charge on any atom is -0.450 e. The lowest BCUT2D eigenvalue weighted by Crippen LogP contribution is -2.55. The van der Waals surface area contributed by atoms with Crippen molar-refractivity contribution in [2.45, 2.75) is 49.8 Å². The lowest BCUT2D eigenvalue weighted by atomic mass is 9.96. The molecule has 2 heterocycles. The number of nitrogens with zero attached hydrogens (tertiary/aromatic N) is 3. The van der Waals surface area contributed by atoms with E-state index in [1.54, 1.807) is 24.5 Å². The van der Waals surface area contributed by atoms with Crippen molar-refractivity contribution in [1.29, 1.82) is 0 Å². The lowest BCUT2D eigenvalue weighted by Gasteiger charge is -2.38. The SMILES string of the molecule is C[C@@H]1CCN(C(=O)[C@H](CCCNc2ncc[nH]2)NS(=O)(=O)c2ccc(N(C)C)cc2)[C@H](OC(=O)O)C1. The molecular formula is C23H34N6O6S. The van der Waals surface area contributed by atoms with E-state index in [0.717, 1.165) is 5.69 Å². The maximum absolute atomic E-state index is 13.6. The van der Waals surface area contributed by atoms with E-state index in [1.807, 2.05) is 25.9 Å². The number of H-pyrrole nitrogens is 1. The van der Waals surface area contributed by atoms with Gasteiger partial charge in [-0.3, -0.25) is 4.79 Å². The molecule has 1 aliphatic heterocycles. The van der Waals surface area contributed by atoms with Crippen molar-refractivity contribution >= 4 is 33.7 Å². The number of sulfonamides is 1. The fourth-order valence-electron chi connectivity index (χ4n) is 4.06. The van der Waals surface area contributed by atoms with Gasteiger partial charge in [-0.05, 0) is 49.4 Å². The number of aromatic nitrogens is 2. The van der Waals surface area contributed by atoms with Crippen LogP contribution in [0.15, 0.2) is 41.6 Å². The molecule has 1 aliphatic rings. The normalized spacial score (nSPS) is 18.9. The first-order valence-corrected chi connectivity index (χ1v) is 13.3. The van der Waals surface area contributed by atoms with Gasteiger partial charge in [0.2, 0.25) is 15.9 Å². The maximum Gasteiger partial charge on any atom is 0.507 e. The summed E-state index contributed by atoms with van der Waals surface area (Å²) in [6.07, 6.45) is 2.48. The highest BCUT2D eigenvalue weighted by Crippen LogP contribution is 2.25. The van der Waals surface area contributed by atoms with Gasteiger partial charge in [0.1, 0.15) is 6.04 Å². The van der Waals surface area contributed by atoms with E-state index in [1.165, 1.54) is 17.0 Å². The summed E-state index contributed by atoms with van der Waals surface area (Å²) < 4.78 is 33.9. The minimum atomic E-state index is -4.03. The zero-order valence-electron chi connectivity index (χ0n) is 20.7. The van der Waals surface area contributed by atoms with Crippen LogP contribution in [-0.2, 0) is 19.6 Å². The third-order valence-electron chi connectivity index (χ3n) is 6.05. The van der Waals surface area contributed by atoms with Crippen LogP contribution in [0.2, 0.25) is 0 Å². The molecule has 0 unspecified atom stereocenters. The monoisotopic (exact) mass is 522 g/mol. The van der Waals surface area contributed by atoms with Crippen molar-refractivity contribution in [3.8, 4) is 0 Å². The second kappa shape index (κ2) is 12.1. The van der Waals surface area contributed by atoms with Crippen molar-refractivity contribution in [3.05, 3.63) is 36.7 Å². The Kier molecular flexibility index (Phi) is 9.15. The van der Waals surface area contributed by atoms with Gasteiger partial charge in [-0.1, -0.05) is 6.92 Å². The Balaban J connectivity index is 1.78. The molecule has 1 aromatic heterocycles. The van der Waals surface area contributed by atoms with Crippen LogP contribution in [0.1, 0.15) is 32.6 Å². The number of anilines is 2. The number of carbonyl (C=O) groups is 2. The number of benzene rings is 1. The number of carbonyl (C=O) groups excluding carboxylic acids is 1. The van der Waals surface area contributed by atoms with E-state index in [-0.39, 0.29) is 23.8 Å². The van der Waals surface area contributed by atoms with Crippen LogP contribution in [0.3, 0.4) is 0 Å². The molecule has 0 radical (unpaired) electrons. The van der Waals surface area contributed by atoms with E-state index in [9.17, 15) is 18.0 Å². The second-order valence-corrected chi connectivity index (χ2v) is 10.8. The van der Waals surface area contributed by atoms with E-state index < -0.39 is 34.4 Å². The van der Waals surface area contributed by atoms with Crippen molar-refractivity contribution in [3.63, 3.8) is 0 Å². The summed E-state index contributed by atoms with van der Waals surface area (Å²) >= 11 is 0. The summed E-state index contributed by atoms with van der Waals surface area (Å²) in [7, 11) is -0.330. The molecule has 2 aromatic rings. The average Bonchev–Trinajstić information content (AvgIpc) is 3.34. The number of amides is 1. The van der Waals surface area contributed by atoms with Crippen molar-refractivity contribution in [2.24, 2.45) is 5.92 Å². The molecule has 1 amide bonds. The zero-order chi connectivity index (χ0) is 26.3. The number of rotatable bonds is 11. The predicted octanol–water partition coefficient (Wildman–Crippen LogP) is 2.29. The predicted molar refractivity (Wildman–Crippen MR) is 134 cm³/mol.